The maximum Gasteiger partial charge on any atom is 0.142 e. The largest absolute Gasteiger partial charge is 0.370 e. The van der Waals surface area contributed by atoms with Crippen LogP contribution in [0.15, 0.2) is 18.2 Å². The third kappa shape index (κ3) is 2.71. The Hall–Kier alpha value is -1.60. The van der Waals surface area contributed by atoms with Gasteiger partial charge >= 0.3 is 0 Å². The van der Waals surface area contributed by atoms with Gasteiger partial charge in [-0.2, -0.15) is 5.26 Å². The lowest BCUT2D eigenvalue weighted by Gasteiger charge is -2.11. The SMILES string of the molecule is CN1CCC(CNc2cccc(C#N)n2)C1. The topological polar surface area (TPSA) is 52.0 Å². The van der Waals surface area contributed by atoms with Crippen LogP contribution in [0, 0.1) is 17.2 Å². The van der Waals surface area contributed by atoms with E-state index in [2.05, 4.69) is 22.2 Å². The molecule has 0 bridgehead atoms. The standard InChI is InChI=1S/C12H16N4/c1-16-6-5-10(9-16)8-14-12-4-2-3-11(7-13)15-12/h2-4,10H,5-6,8-9H2,1H3,(H,14,15). The lowest BCUT2D eigenvalue weighted by atomic mass is 10.1. The van der Waals surface area contributed by atoms with Gasteiger partial charge in [-0.15, -0.1) is 0 Å². The van der Waals surface area contributed by atoms with Crippen LogP contribution in [-0.4, -0.2) is 36.6 Å². The van der Waals surface area contributed by atoms with Gasteiger partial charge in [-0.1, -0.05) is 6.07 Å². The predicted octanol–water partition coefficient (Wildman–Crippen LogP) is 1.32. The van der Waals surface area contributed by atoms with E-state index in [1.807, 2.05) is 18.2 Å². The maximum atomic E-state index is 8.73. The van der Waals surface area contributed by atoms with E-state index in [1.165, 1.54) is 13.0 Å². The van der Waals surface area contributed by atoms with Crippen molar-refractivity contribution in [2.45, 2.75) is 6.42 Å². The molecule has 0 radical (unpaired) electrons. The Morgan fingerprint density at radius 3 is 3.19 bits per heavy atom. The number of hydrogen-bond acceptors (Lipinski definition) is 4. The molecule has 2 rings (SSSR count). The van der Waals surface area contributed by atoms with Crippen LogP contribution < -0.4 is 5.32 Å². The highest BCUT2D eigenvalue weighted by atomic mass is 15.1. The summed E-state index contributed by atoms with van der Waals surface area (Å²) in [5, 5.41) is 12.0. The van der Waals surface area contributed by atoms with Crippen LogP contribution in [0.3, 0.4) is 0 Å². The number of nitrogens with zero attached hydrogens (tertiary/aromatic N) is 3. The van der Waals surface area contributed by atoms with E-state index >= 15 is 0 Å². The number of rotatable bonds is 3. The lowest BCUT2D eigenvalue weighted by molar-refractivity contribution is 0.399. The molecule has 1 atom stereocenters. The Bertz CT molecular complexity index is 396. The highest BCUT2D eigenvalue weighted by molar-refractivity contribution is 5.38. The molecule has 2 heterocycles. The van der Waals surface area contributed by atoms with Crippen molar-refractivity contribution in [1.29, 1.82) is 5.26 Å². The molecule has 84 valence electrons. The zero-order chi connectivity index (χ0) is 11.4. The second-order valence-electron chi connectivity index (χ2n) is 4.32. The summed E-state index contributed by atoms with van der Waals surface area (Å²) in [6, 6.07) is 7.52. The summed E-state index contributed by atoms with van der Waals surface area (Å²) in [6.45, 7) is 3.26. The number of nitriles is 1. The molecule has 1 N–H and O–H groups in total. The van der Waals surface area contributed by atoms with E-state index < -0.39 is 0 Å². The predicted molar refractivity (Wildman–Crippen MR) is 63.0 cm³/mol. The Balaban J connectivity index is 1.87. The minimum atomic E-state index is 0.466. The van der Waals surface area contributed by atoms with E-state index in [9.17, 15) is 0 Å². The Labute approximate surface area is 95.9 Å². The van der Waals surface area contributed by atoms with Crippen molar-refractivity contribution in [1.82, 2.24) is 9.88 Å². The number of aromatic nitrogens is 1. The molecule has 1 aliphatic heterocycles. The van der Waals surface area contributed by atoms with E-state index in [1.54, 1.807) is 6.07 Å². The second-order valence-corrected chi connectivity index (χ2v) is 4.32. The Morgan fingerprint density at radius 1 is 1.62 bits per heavy atom. The van der Waals surface area contributed by atoms with Gasteiger partial charge in [0.25, 0.3) is 0 Å². The summed E-state index contributed by atoms with van der Waals surface area (Å²) < 4.78 is 0. The van der Waals surface area contributed by atoms with Crippen molar-refractivity contribution in [2.75, 3.05) is 32.0 Å². The highest BCUT2D eigenvalue weighted by Gasteiger charge is 2.18. The Morgan fingerprint density at radius 2 is 2.50 bits per heavy atom. The van der Waals surface area contributed by atoms with E-state index in [-0.39, 0.29) is 0 Å². The third-order valence-corrected chi connectivity index (χ3v) is 2.92. The molecule has 0 aromatic carbocycles. The smallest absolute Gasteiger partial charge is 0.142 e. The van der Waals surface area contributed by atoms with Gasteiger partial charge in [0.15, 0.2) is 0 Å². The summed E-state index contributed by atoms with van der Waals surface area (Å²) in [7, 11) is 2.15. The summed E-state index contributed by atoms with van der Waals surface area (Å²) >= 11 is 0. The van der Waals surface area contributed by atoms with Gasteiger partial charge < -0.3 is 10.2 Å². The third-order valence-electron chi connectivity index (χ3n) is 2.92. The number of hydrogen-bond donors (Lipinski definition) is 1. The van der Waals surface area contributed by atoms with Crippen LogP contribution >= 0.6 is 0 Å². The average molecular weight is 216 g/mol. The molecule has 0 aliphatic carbocycles. The fraction of sp³-hybridized carbons (Fsp3) is 0.500. The summed E-state index contributed by atoms with van der Waals surface area (Å²) in [5.41, 5.74) is 0.466. The molecule has 1 aromatic heterocycles. The van der Waals surface area contributed by atoms with Crippen LogP contribution in [0.5, 0.6) is 0 Å². The number of pyridine rings is 1. The van der Waals surface area contributed by atoms with Crippen molar-refractivity contribution >= 4 is 5.82 Å². The molecular formula is C12H16N4. The first-order valence-corrected chi connectivity index (χ1v) is 5.57. The maximum absolute atomic E-state index is 8.73. The van der Waals surface area contributed by atoms with Crippen molar-refractivity contribution in [3.05, 3.63) is 23.9 Å². The highest BCUT2D eigenvalue weighted by Crippen LogP contribution is 2.15. The molecule has 16 heavy (non-hydrogen) atoms. The molecule has 1 fully saturated rings. The number of nitrogens with one attached hydrogen (secondary N) is 1. The monoisotopic (exact) mass is 216 g/mol. The van der Waals surface area contributed by atoms with Gasteiger partial charge in [0.05, 0.1) is 0 Å². The van der Waals surface area contributed by atoms with Gasteiger partial charge in [0.2, 0.25) is 0 Å². The van der Waals surface area contributed by atoms with E-state index in [0.29, 0.717) is 11.6 Å². The average Bonchev–Trinajstić information content (AvgIpc) is 2.73. The first kappa shape index (κ1) is 10.9. The minimum Gasteiger partial charge on any atom is -0.370 e. The van der Waals surface area contributed by atoms with Crippen molar-refractivity contribution in [3.8, 4) is 6.07 Å². The molecule has 1 aliphatic rings. The van der Waals surface area contributed by atoms with Crippen LogP contribution in [0.1, 0.15) is 12.1 Å². The first-order chi connectivity index (χ1) is 7.78. The van der Waals surface area contributed by atoms with Gasteiger partial charge in [-0.25, -0.2) is 4.98 Å². The second kappa shape index (κ2) is 4.95. The Kier molecular flexibility index (Phi) is 3.37. The van der Waals surface area contributed by atoms with Crippen molar-refractivity contribution in [2.24, 2.45) is 5.92 Å². The lowest BCUT2D eigenvalue weighted by Crippen LogP contribution is -2.19. The van der Waals surface area contributed by atoms with Gasteiger partial charge in [0.1, 0.15) is 17.6 Å². The molecule has 0 spiro atoms. The fourth-order valence-corrected chi connectivity index (χ4v) is 2.04. The molecule has 1 unspecified atom stereocenters. The zero-order valence-corrected chi connectivity index (χ0v) is 9.48. The van der Waals surface area contributed by atoms with Crippen LogP contribution in [0.4, 0.5) is 5.82 Å². The number of anilines is 1. The fourth-order valence-electron chi connectivity index (χ4n) is 2.04. The van der Waals surface area contributed by atoms with Gasteiger partial charge in [0, 0.05) is 13.1 Å². The van der Waals surface area contributed by atoms with E-state index in [4.69, 9.17) is 5.26 Å². The summed E-state index contributed by atoms with van der Waals surface area (Å²) in [4.78, 5) is 6.52. The number of likely N-dealkylation sites (tertiary alicyclic amines) is 1. The molecule has 0 amide bonds. The molecule has 0 saturated carbocycles. The van der Waals surface area contributed by atoms with Crippen LogP contribution in [-0.2, 0) is 0 Å². The normalized spacial score (nSPS) is 20.6. The molecular weight excluding hydrogens is 200 g/mol. The molecule has 4 heteroatoms. The van der Waals surface area contributed by atoms with Gasteiger partial charge in [-0.05, 0) is 38.1 Å². The minimum absolute atomic E-state index is 0.466. The van der Waals surface area contributed by atoms with Crippen molar-refractivity contribution in [3.63, 3.8) is 0 Å². The van der Waals surface area contributed by atoms with Crippen molar-refractivity contribution < 1.29 is 0 Å². The van der Waals surface area contributed by atoms with Crippen LogP contribution in [0.25, 0.3) is 0 Å². The summed E-state index contributed by atoms with van der Waals surface area (Å²) in [5.74, 6) is 1.49. The van der Waals surface area contributed by atoms with Gasteiger partial charge in [-0.3, -0.25) is 0 Å². The quantitative estimate of drug-likeness (QED) is 0.828. The molecule has 4 nitrogen and oxygen atoms in total. The summed E-state index contributed by atoms with van der Waals surface area (Å²) in [6.07, 6.45) is 1.24. The molecule has 1 aromatic rings. The van der Waals surface area contributed by atoms with E-state index in [0.717, 1.165) is 18.9 Å². The zero-order valence-electron chi connectivity index (χ0n) is 9.48. The molecule has 1 saturated heterocycles. The van der Waals surface area contributed by atoms with Crippen LogP contribution in [0.2, 0.25) is 0 Å². The first-order valence-electron chi connectivity index (χ1n) is 5.57.